The first-order valence-corrected chi connectivity index (χ1v) is 11.7. The standard InChI is InChI=1S/C30H27N3O3/c1-4-28(34)33-27-20-30(21-10-14-24(35-2)15-11-21,22-12-16-25(36-3)17-13-22)19-18-26(27)29(32-33)31-23-8-6-5-7-9-23/h4-19H,1,20H2,2-3H3,(H,31,32). The Bertz CT molecular complexity index is 1370. The monoisotopic (exact) mass is 477 g/mol. The number of allylic oxidation sites excluding steroid dienone is 2. The van der Waals surface area contributed by atoms with E-state index in [1.807, 2.05) is 54.6 Å². The summed E-state index contributed by atoms with van der Waals surface area (Å²) in [5.74, 6) is 1.91. The molecule has 0 unspecified atom stereocenters. The van der Waals surface area contributed by atoms with Crippen molar-refractivity contribution in [3.63, 3.8) is 0 Å². The van der Waals surface area contributed by atoms with Crippen LogP contribution in [0.3, 0.4) is 0 Å². The molecule has 0 atom stereocenters. The third kappa shape index (κ3) is 4.07. The van der Waals surface area contributed by atoms with E-state index in [2.05, 4.69) is 53.4 Å². The average molecular weight is 478 g/mol. The van der Waals surface area contributed by atoms with Crippen LogP contribution in [-0.2, 0) is 11.8 Å². The molecule has 1 N–H and O–H groups in total. The maximum absolute atomic E-state index is 12.9. The number of hydrogen-bond donors (Lipinski definition) is 1. The van der Waals surface area contributed by atoms with Crippen molar-refractivity contribution < 1.29 is 14.3 Å². The molecule has 0 saturated heterocycles. The van der Waals surface area contributed by atoms with Crippen molar-refractivity contribution in [1.29, 1.82) is 0 Å². The summed E-state index contributed by atoms with van der Waals surface area (Å²) in [7, 11) is 3.31. The van der Waals surface area contributed by atoms with Gasteiger partial charge in [-0.05, 0) is 53.6 Å². The Labute approximate surface area is 210 Å². The highest BCUT2D eigenvalue weighted by Gasteiger charge is 2.38. The lowest BCUT2D eigenvalue weighted by molar-refractivity contribution is 0.0950. The Kier molecular flexibility index (Phi) is 6.17. The van der Waals surface area contributed by atoms with E-state index in [4.69, 9.17) is 9.47 Å². The number of anilines is 2. The van der Waals surface area contributed by atoms with Crippen LogP contribution in [0.15, 0.2) is 97.6 Å². The van der Waals surface area contributed by atoms with Gasteiger partial charge in [-0.1, -0.05) is 61.2 Å². The van der Waals surface area contributed by atoms with Gasteiger partial charge in [0.25, 0.3) is 5.91 Å². The molecule has 0 bridgehead atoms. The maximum atomic E-state index is 12.9. The predicted octanol–water partition coefficient (Wildman–Crippen LogP) is 6.03. The Morgan fingerprint density at radius 3 is 2.06 bits per heavy atom. The number of methoxy groups -OCH3 is 2. The summed E-state index contributed by atoms with van der Waals surface area (Å²) in [4.78, 5) is 12.9. The molecule has 1 aliphatic carbocycles. The highest BCUT2D eigenvalue weighted by Crippen LogP contribution is 2.44. The molecule has 1 heterocycles. The van der Waals surface area contributed by atoms with E-state index in [-0.39, 0.29) is 5.91 Å². The smallest absolute Gasteiger partial charge is 0.270 e. The van der Waals surface area contributed by atoms with Gasteiger partial charge in [-0.3, -0.25) is 4.79 Å². The van der Waals surface area contributed by atoms with Gasteiger partial charge < -0.3 is 14.8 Å². The van der Waals surface area contributed by atoms with Gasteiger partial charge >= 0.3 is 0 Å². The molecule has 6 heteroatoms. The molecule has 5 rings (SSSR count). The van der Waals surface area contributed by atoms with Gasteiger partial charge in [0.15, 0.2) is 5.82 Å². The van der Waals surface area contributed by atoms with Gasteiger partial charge in [0.1, 0.15) is 11.5 Å². The van der Waals surface area contributed by atoms with Crippen LogP contribution in [0.5, 0.6) is 11.5 Å². The van der Waals surface area contributed by atoms with Crippen LogP contribution < -0.4 is 14.8 Å². The summed E-state index contributed by atoms with van der Waals surface area (Å²) in [6.07, 6.45) is 6.07. The second-order valence-corrected chi connectivity index (χ2v) is 8.59. The van der Waals surface area contributed by atoms with Gasteiger partial charge in [0.05, 0.1) is 19.9 Å². The zero-order valence-corrected chi connectivity index (χ0v) is 20.3. The largest absolute Gasteiger partial charge is 0.497 e. The molecule has 0 amide bonds. The summed E-state index contributed by atoms with van der Waals surface area (Å²) in [6, 6.07) is 25.9. The predicted molar refractivity (Wildman–Crippen MR) is 142 cm³/mol. The van der Waals surface area contributed by atoms with Crippen molar-refractivity contribution >= 4 is 23.5 Å². The topological polar surface area (TPSA) is 65.4 Å². The molecular formula is C30H27N3O3. The van der Waals surface area contributed by atoms with Gasteiger partial charge in [0.2, 0.25) is 0 Å². The first-order valence-electron chi connectivity index (χ1n) is 11.7. The Morgan fingerprint density at radius 2 is 1.53 bits per heavy atom. The fourth-order valence-corrected chi connectivity index (χ4v) is 4.72. The van der Waals surface area contributed by atoms with Crippen LogP contribution in [0.2, 0.25) is 0 Å². The minimum absolute atomic E-state index is 0.277. The molecule has 180 valence electrons. The number of rotatable bonds is 7. The average Bonchev–Trinajstić information content (AvgIpc) is 3.30. The van der Waals surface area contributed by atoms with E-state index in [1.54, 1.807) is 14.2 Å². The van der Waals surface area contributed by atoms with E-state index in [1.165, 1.54) is 10.8 Å². The van der Waals surface area contributed by atoms with Crippen molar-refractivity contribution in [2.75, 3.05) is 19.5 Å². The molecule has 1 aromatic heterocycles. The first kappa shape index (κ1) is 23.2. The second kappa shape index (κ2) is 9.58. The van der Waals surface area contributed by atoms with Crippen LogP contribution in [-0.4, -0.2) is 29.9 Å². The Morgan fingerprint density at radius 1 is 0.944 bits per heavy atom. The van der Waals surface area contributed by atoms with E-state index in [0.29, 0.717) is 12.2 Å². The zero-order chi connectivity index (χ0) is 25.1. The minimum Gasteiger partial charge on any atom is -0.497 e. The number of nitrogens with one attached hydrogen (secondary N) is 1. The van der Waals surface area contributed by atoms with Gasteiger partial charge in [-0.15, -0.1) is 5.10 Å². The molecule has 36 heavy (non-hydrogen) atoms. The molecule has 6 nitrogen and oxygen atoms in total. The maximum Gasteiger partial charge on any atom is 0.270 e. The van der Waals surface area contributed by atoms with Crippen molar-refractivity contribution in [2.45, 2.75) is 11.8 Å². The molecule has 0 aliphatic heterocycles. The zero-order valence-electron chi connectivity index (χ0n) is 20.3. The number of ether oxygens (including phenoxy) is 2. The SMILES string of the molecule is C=CC(=O)n1nc(Nc2ccccc2)c2c1CC(c1ccc(OC)cc1)(c1ccc(OC)cc1)C=C2. The number of hydrogen-bond acceptors (Lipinski definition) is 5. The van der Waals surface area contributed by atoms with Gasteiger partial charge in [0, 0.05) is 23.1 Å². The third-order valence-electron chi connectivity index (χ3n) is 6.63. The van der Waals surface area contributed by atoms with Crippen molar-refractivity contribution in [2.24, 2.45) is 0 Å². The highest BCUT2D eigenvalue weighted by atomic mass is 16.5. The normalized spacial score (nSPS) is 13.5. The lowest BCUT2D eigenvalue weighted by atomic mass is 9.68. The summed E-state index contributed by atoms with van der Waals surface area (Å²) in [5, 5.41) is 8.02. The van der Waals surface area contributed by atoms with E-state index in [0.717, 1.165) is 39.6 Å². The quantitative estimate of drug-likeness (QED) is 0.330. The Hall–Kier alpha value is -4.58. The summed E-state index contributed by atoms with van der Waals surface area (Å²) in [5.41, 5.74) is 4.21. The lowest BCUT2D eigenvalue weighted by Crippen LogP contribution is -2.32. The first-order chi connectivity index (χ1) is 17.6. The third-order valence-corrected chi connectivity index (χ3v) is 6.63. The molecule has 0 fully saturated rings. The number of para-hydroxylation sites is 1. The number of carbonyl (C=O) groups excluding carboxylic acids is 1. The number of nitrogens with zero attached hydrogens (tertiary/aromatic N) is 2. The molecular weight excluding hydrogens is 450 g/mol. The van der Waals surface area contributed by atoms with E-state index < -0.39 is 5.41 Å². The molecule has 0 spiro atoms. The minimum atomic E-state index is -0.533. The molecule has 4 aromatic rings. The van der Waals surface area contributed by atoms with Crippen molar-refractivity contribution in [3.8, 4) is 11.5 Å². The fourth-order valence-electron chi connectivity index (χ4n) is 4.72. The van der Waals surface area contributed by atoms with Gasteiger partial charge in [-0.25, -0.2) is 0 Å². The summed E-state index contributed by atoms with van der Waals surface area (Å²) < 4.78 is 12.2. The van der Waals surface area contributed by atoms with E-state index in [9.17, 15) is 4.79 Å². The highest BCUT2D eigenvalue weighted by molar-refractivity contribution is 5.91. The molecule has 0 saturated carbocycles. The molecule has 3 aromatic carbocycles. The molecule has 0 radical (unpaired) electrons. The number of carbonyl (C=O) groups is 1. The lowest BCUT2D eigenvalue weighted by Gasteiger charge is -2.35. The second-order valence-electron chi connectivity index (χ2n) is 8.59. The summed E-state index contributed by atoms with van der Waals surface area (Å²) >= 11 is 0. The van der Waals surface area contributed by atoms with Gasteiger partial charge in [-0.2, -0.15) is 4.68 Å². The van der Waals surface area contributed by atoms with Crippen LogP contribution >= 0.6 is 0 Å². The number of fused-ring (bicyclic) bond motifs is 1. The van der Waals surface area contributed by atoms with Crippen LogP contribution in [0.4, 0.5) is 11.5 Å². The Balaban J connectivity index is 1.67. The van der Waals surface area contributed by atoms with Crippen LogP contribution in [0, 0.1) is 0 Å². The number of aromatic nitrogens is 2. The number of benzene rings is 3. The van der Waals surface area contributed by atoms with Crippen molar-refractivity contribution in [1.82, 2.24) is 9.78 Å². The van der Waals surface area contributed by atoms with Crippen LogP contribution in [0.25, 0.3) is 6.08 Å². The fraction of sp³-hybridized carbons (Fsp3) is 0.133. The molecule has 1 aliphatic rings. The van der Waals surface area contributed by atoms with E-state index >= 15 is 0 Å². The van der Waals surface area contributed by atoms with Crippen molar-refractivity contribution in [3.05, 3.63) is 120 Å². The van der Waals surface area contributed by atoms with Crippen LogP contribution in [0.1, 0.15) is 27.2 Å². The summed E-state index contributed by atoms with van der Waals surface area (Å²) in [6.45, 7) is 3.69.